The molecule has 0 radical (unpaired) electrons. The number of carbonyl (C=O) groups is 2. The summed E-state index contributed by atoms with van der Waals surface area (Å²) in [5.41, 5.74) is 1.47. The molecule has 6 rings (SSSR count). The third kappa shape index (κ3) is 15.5. The molecule has 4 aromatic rings. The van der Waals surface area contributed by atoms with E-state index in [2.05, 4.69) is 15.1 Å². The molecule has 23 nitrogen and oxygen atoms in total. The van der Waals surface area contributed by atoms with Gasteiger partial charge in [0.05, 0.1) is 67.4 Å². The van der Waals surface area contributed by atoms with Gasteiger partial charge >= 0.3 is 38.5 Å². The Bertz CT molecular complexity index is 3220. The number of hydrogen-bond donors (Lipinski definition) is 4. The molecule has 29 heteroatoms. The maximum absolute atomic E-state index is 16.2. The highest BCUT2D eigenvalue weighted by Crippen LogP contribution is 2.53. The number of carbonyl (C=O) groups excluding carboxylic acids is 2. The first kappa shape index (κ1) is 55.1. The maximum atomic E-state index is 16.2. The van der Waals surface area contributed by atoms with Gasteiger partial charge in [0.25, 0.3) is 0 Å². The number of nitrogens with two attached hydrogens (primary N) is 2. The summed E-state index contributed by atoms with van der Waals surface area (Å²) in [6.45, 7) is 1.09. The minimum Gasteiger partial charge on any atom is -0.463 e. The average Bonchev–Trinajstić information content (AvgIpc) is 3.81. The highest BCUT2D eigenvalue weighted by Gasteiger charge is 2.60. The molecule has 2 aliphatic rings. The van der Waals surface area contributed by atoms with Gasteiger partial charge in [0, 0.05) is 0 Å². The van der Waals surface area contributed by atoms with Crippen LogP contribution in [0.5, 0.6) is 11.5 Å². The lowest BCUT2D eigenvalue weighted by Gasteiger charge is -2.24. The van der Waals surface area contributed by atoms with Gasteiger partial charge in [-0.05, 0) is 52.0 Å². The van der Waals surface area contributed by atoms with Gasteiger partial charge in [0.1, 0.15) is 48.4 Å². The Morgan fingerprint density at radius 3 is 1.71 bits per heavy atom. The highest BCUT2D eigenvalue weighted by atomic mass is 31.2. The fourth-order valence-electron chi connectivity index (χ4n) is 6.91. The molecule has 0 amide bonds. The molecule has 0 bridgehead atoms. The Hall–Kier alpha value is -6.67. The van der Waals surface area contributed by atoms with Gasteiger partial charge in [-0.3, -0.25) is 23.2 Å². The van der Waals surface area contributed by atoms with Gasteiger partial charge < -0.3 is 49.7 Å². The number of hydrogen-bond acceptors (Lipinski definition) is 21. The molecule has 4 heterocycles. The van der Waals surface area contributed by atoms with Crippen LogP contribution in [0.25, 0.3) is 0 Å². The van der Waals surface area contributed by atoms with Crippen molar-refractivity contribution in [2.24, 2.45) is 11.8 Å². The zero-order valence-electron chi connectivity index (χ0n) is 45.8. The minimum atomic E-state index is -4.66. The van der Waals surface area contributed by atoms with Crippen LogP contribution in [-0.2, 0) is 46.7 Å². The molecule has 2 saturated heterocycles. The van der Waals surface area contributed by atoms with Crippen molar-refractivity contribution in [3.63, 3.8) is 0 Å². The second-order valence-electron chi connectivity index (χ2n) is 17.5. The molecular weight excluding hydrogens is 1070 g/mol. The minimum absolute atomic E-state index is 0.0147. The first-order valence-electron chi connectivity index (χ1n) is 25.0. The van der Waals surface area contributed by atoms with Crippen molar-refractivity contribution in [1.82, 2.24) is 24.3 Å². The Balaban J connectivity index is 0.000000297. The lowest BCUT2D eigenvalue weighted by molar-refractivity contribution is -0.152. The predicted octanol–water partition coefficient (Wildman–Crippen LogP) is 4.48. The number of halogens is 4. The lowest BCUT2D eigenvalue weighted by Crippen LogP contribution is -2.45. The van der Waals surface area contributed by atoms with E-state index >= 15 is 8.78 Å². The maximum Gasteiger partial charge on any atom is 0.380 e. The van der Waals surface area contributed by atoms with Crippen molar-refractivity contribution in [1.29, 1.82) is 0 Å². The molecule has 2 aromatic carbocycles. The van der Waals surface area contributed by atoms with Crippen LogP contribution < -0.4 is 31.9 Å². The normalized spacial score (nSPS) is 26.2. The number of terminal acetylenes is 1. The van der Waals surface area contributed by atoms with Crippen molar-refractivity contribution in [2.45, 2.75) is 102 Å². The van der Waals surface area contributed by atoms with Crippen LogP contribution in [0.4, 0.5) is 29.2 Å². The summed E-state index contributed by atoms with van der Waals surface area (Å²) in [5, 5.41) is 25.2. The zero-order chi connectivity index (χ0) is 60.6. The summed E-state index contributed by atoms with van der Waals surface area (Å²) in [4.78, 5) is 56.1. The Kier molecular flexibility index (Phi) is 18.7. The standard InChI is InChI=1S/C24H29F2N4O8P.C24H28F2N3O8P/c1-15(2)36-21(32)16(3)14-39(34,38-17-8-5-4-6-9-17)35-13-18-20(31)24(26,10-7-11-25)22(37-18)30-23(33)29-19(27)12-28-30;1-5-24(26)19(30)18(36-22(24)29-11-17(25)20(27)28-23(29)32)12-34-38(33,37-16-9-7-6-8-10-16)13-15(4)21(31)35-14(2)3/h4-6,8-9,12,15-16,18,20,22,31H,11,13-14H2,1-3H3,(H2,27,29,33);1,6-11,14-15,18-19,22,30H,12-13H2,2-4H3,(H2,27,28,32)/t16-,18-,20+,22-,24?,39+;15-,18-,19+,22-,24?,38+/m11/s1/i13D2;12D2. The van der Waals surface area contributed by atoms with Crippen molar-refractivity contribution in [2.75, 3.05) is 43.6 Å². The van der Waals surface area contributed by atoms with Crippen molar-refractivity contribution < 1.29 is 89.0 Å². The third-order valence-electron chi connectivity index (χ3n) is 10.5. The third-order valence-corrected chi connectivity index (χ3v) is 14.2. The van der Waals surface area contributed by atoms with E-state index < -0.39 is 155 Å². The monoisotopic (exact) mass is 1130 g/mol. The number of aliphatic hydroxyl groups is 2. The molecule has 12 atom stereocenters. The van der Waals surface area contributed by atoms with Crippen LogP contribution >= 0.6 is 15.2 Å². The summed E-state index contributed by atoms with van der Waals surface area (Å²) >= 11 is 0. The number of para-hydroxylation sites is 2. The number of anilines is 2. The second-order valence-corrected chi connectivity index (χ2v) is 21.4. The molecule has 2 unspecified atom stereocenters. The number of esters is 2. The number of rotatable bonds is 20. The molecule has 2 aliphatic heterocycles. The number of aromatic nitrogens is 5. The van der Waals surface area contributed by atoms with Gasteiger partial charge in [-0.25, -0.2) is 36.3 Å². The molecule has 0 aliphatic carbocycles. The number of alkyl halides is 3. The summed E-state index contributed by atoms with van der Waals surface area (Å²) in [7, 11) is -9.32. The molecular formula is C48H57F4N7O16P2. The van der Waals surface area contributed by atoms with E-state index in [9.17, 15) is 47.3 Å². The van der Waals surface area contributed by atoms with E-state index in [0.29, 0.717) is 10.9 Å². The number of aliphatic hydroxyl groups excluding tert-OH is 2. The second kappa shape index (κ2) is 26.1. The van der Waals surface area contributed by atoms with E-state index in [-0.39, 0.29) is 21.9 Å². The van der Waals surface area contributed by atoms with Gasteiger partial charge in [0.2, 0.25) is 17.6 Å². The number of benzene rings is 2. The van der Waals surface area contributed by atoms with E-state index in [0.717, 1.165) is 6.20 Å². The Morgan fingerprint density at radius 2 is 1.27 bits per heavy atom. The highest BCUT2D eigenvalue weighted by molar-refractivity contribution is 7.54. The first-order chi connectivity index (χ1) is 37.6. The van der Waals surface area contributed by atoms with Crippen LogP contribution in [0.1, 0.15) is 59.5 Å². The van der Waals surface area contributed by atoms with Crippen LogP contribution in [0.15, 0.2) is 82.6 Å². The lowest BCUT2D eigenvalue weighted by atomic mass is 9.97. The molecule has 6 N–H and O–H groups in total. The summed E-state index contributed by atoms with van der Waals surface area (Å²) in [6.07, 6.45) is -10.1. The van der Waals surface area contributed by atoms with Gasteiger partial charge in [0.15, 0.2) is 17.9 Å². The number of nitrogens with zero attached hydrogens (tertiary/aromatic N) is 5. The SMILES string of the molecule is [2H]C([2H])(O[P@@](=O)(C[C@@H](C)C(=O)OC(C)C)Oc1ccccc1)[C@H]1O[C@@H](n2cc(F)c(N)nc2=O)C(F)(C#C)[C@H]1O.[2H]C([2H])(O[P@@](=O)(C[C@@H](C)C(=O)OC(C)C)Oc1ccccc1)[C@H]1O[C@@H](n2ncc(N)nc2=O)C(F)(C#CCF)[C@H]1O. The van der Waals surface area contributed by atoms with Crippen LogP contribution in [-0.4, -0.2) is 127 Å². The average molecular weight is 1130 g/mol. The zero-order valence-corrected chi connectivity index (χ0v) is 43.6. The van der Waals surface area contributed by atoms with E-state index in [1.807, 2.05) is 5.92 Å². The summed E-state index contributed by atoms with van der Waals surface area (Å²) < 4.78 is 164. The molecule has 0 saturated carbocycles. The van der Waals surface area contributed by atoms with Crippen molar-refractivity contribution in [3.05, 3.63) is 99.8 Å². The van der Waals surface area contributed by atoms with Gasteiger partial charge in [-0.15, -0.1) is 6.42 Å². The topological polar surface area (TPSA) is 317 Å². The first-order valence-corrected chi connectivity index (χ1v) is 26.4. The quantitative estimate of drug-likeness (QED) is 0.0410. The van der Waals surface area contributed by atoms with E-state index in [1.54, 1.807) is 51.7 Å². The predicted molar refractivity (Wildman–Crippen MR) is 265 cm³/mol. The van der Waals surface area contributed by atoms with Crippen molar-refractivity contribution >= 4 is 38.8 Å². The molecule has 2 fully saturated rings. The summed E-state index contributed by atoms with van der Waals surface area (Å²) in [5.74, 6) is -1.01. The van der Waals surface area contributed by atoms with E-state index in [4.69, 9.17) is 60.4 Å². The number of nitrogen functional groups attached to an aromatic ring is 2. The van der Waals surface area contributed by atoms with Crippen LogP contribution in [0.3, 0.4) is 0 Å². The number of ether oxygens (including phenoxy) is 4. The van der Waals surface area contributed by atoms with E-state index in [1.165, 1.54) is 62.4 Å². The molecule has 418 valence electrons. The van der Waals surface area contributed by atoms with Crippen LogP contribution in [0, 0.1) is 41.8 Å². The largest absolute Gasteiger partial charge is 0.463 e. The Morgan fingerprint density at radius 1 is 0.805 bits per heavy atom. The van der Waals surface area contributed by atoms with Crippen LogP contribution in [0.2, 0.25) is 0 Å². The fourth-order valence-corrected chi connectivity index (χ4v) is 10.3. The fraction of sp³-hybridized carbons (Fsp3) is 0.479. The smallest absolute Gasteiger partial charge is 0.380 e. The van der Waals surface area contributed by atoms with Gasteiger partial charge in [-0.1, -0.05) is 68.0 Å². The molecule has 77 heavy (non-hydrogen) atoms. The summed E-state index contributed by atoms with van der Waals surface area (Å²) in [6, 6.07) is 14.9. The van der Waals surface area contributed by atoms with Gasteiger partial charge in [-0.2, -0.15) is 19.7 Å². The molecule has 0 spiro atoms. The Labute approximate surface area is 444 Å². The van der Waals surface area contributed by atoms with Crippen molar-refractivity contribution in [3.8, 4) is 35.7 Å². The molecule has 2 aromatic heterocycles.